The number of nitrogens with one attached hydrogen (secondary N) is 1. The molecule has 0 atom stereocenters. The van der Waals surface area contributed by atoms with Crippen molar-refractivity contribution >= 4 is 39.1 Å². The lowest BCUT2D eigenvalue weighted by atomic mass is 10.1. The van der Waals surface area contributed by atoms with Gasteiger partial charge in [0.05, 0.1) is 41.9 Å². The van der Waals surface area contributed by atoms with Crippen LogP contribution >= 0.6 is 0 Å². The summed E-state index contributed by atoms with van der Waals surface area (Å²) < 4.78 is 18.1. The lowest BCUT2D eigenvalue weighted by molar-refractivity contribution is -0.385. The maximum atomic E-state index is 13.0. The average molecular weight is 521 g/mol. The van der Waals surface area contributed by atoms with Crippen LogP contribution in [-0.2, 0) is 7.05 Å². The first-order valence-corrected chi connectivity index (χ1v) is 12.2. The number of pyridine rings is 1. The first kappa shape index (κ1) is 25.2. The first-order chi connectivity index (χ1) is 18.4. The van der Waals surface area contributed by atoms with Crippen LogP contribution in [0.5, 0.6) is 17.2 Å². The van der Waals surface area contributed by atoms with Crippen molar-refractivity contribution in [1.29, 1.82) is 0 Å². The zero-order chi connectivity index (χ0) is 26.8. The van der Waals surface area contributed by atoms with E-state index in [4.69, 9.17) is 14.2 Å². The van der Waals surface area contributed by atoms with E-state index in [0.29, 0.717) is 40.2 Å². The molecule has 1 saturated heterocycles. The lowest BCUT2D eigenvalue weighted by Crippen LogP contribution is -2.25. The van der Waals surface area contributed by atoms with Gasteiger partial charge in [0.25, 0.3) is 5.56 Å². The number of benzene rings is 2. The number of likely N-dealkylation sites (tertiary alicyclic amines) is 1. The molecule has 0 aliphatic carbocycles. The van der Waals surface area contributed by atoms with Crippen LogP contribution in [0.2, 0.25) is 0 Å². The predicted molar refractivity (Wildman–Crippen MR) is 143 cm³/mol. The topological polar surface area (TPSA) is 134 Å². The highest BCUT2D eigenvalue weighted by molar-refractivity contribution is 6.05. The third-order valence-corrected chi connectivity index (χ3v) is 6.73. The van der Waals surface area contributed by atoms with E-state index in [1.54, 1.807) is 20.2 Å². The molecule has 5 rings (SSSR count). The summed E-state index contributed by atoms with van der Waals surface area (Å²) in [5.74, 6) is 1.54. The molecule has 2 aromatic heterocycles. The minimum absolute atomic E-state index is 0.0344. The number of methoxy groups -OCH3 is 2. The van der Waals surface area contributed by atoms with Gasteiger partial charge in [0.1, 0.15) is 23.6 Å². The molecule has 1 fully saturated rings. The van der Waals surface area contributed by atoms with Crippen LogP contribution in [0.3, 0.4) is 0 Å². The van der Waals surface area contributed by atoms with E-state index in [1.165, 1.54) is 42.8 Å². The van der Waals surface area contributed by atoms with Gasteiger partial charge in [-0.25, -0.2) is 9.97 Å². The molecule has 38 heavy (non-hydrogen) atoms. The number of hydrogen-bond donors (Lipinski definition) is 1. The van der Waals surface area contributed by atoms with Gasteiger partial charge in [0.2, 0.25) is 5.95 Å². The summed E-state index contributed by atoms with van der Waals surface area (Å²) in [5.41, 5.74) is 0.841. The minimum atomic E-state index is -0.582. The number of aromatic nitrogens is 3. The molecule has 3 heterocycles. The Morgan fingerprint density at radius 1 is 1.08 bits per heavy atom. The molecular formula is C26H28N6O6. The third-order valence-electron chi connectivity index (χ3n) is 6.73. The Hall–Kier alpha value is -4.45. The van der Waals surface area contributed by atoms with E-state index in [-0.39, 0.29) is 22.8 Å². The van der Waals surface area contributed by atoms with E-state index >= 15 is 0 Å². The Morgan fingerprint density at radius 3 is 2.55 bits per heavy atom. The van der Waals surface area contributed by atoms with Gasteiger partial charge in [0.15, 0.2) is 5.75 Å². The quantitative estimate of drug-likeness (QED) is 0.198. The number of anilines is 2. The van der Waals surface area contributed by atoms with Crippen LogP contribution in [0.15, 0.2) is 41.3 Å². The summed E-state index contributed by atoms with van der Waals surface area (Å²) in [6.45, 7) is 3.72. The SMILES string of the molecule is COc1cc(OCCN2CCCC2)ccc1Nc1ncc2c(n1)c1cc(OC)c([N+](=O)[O-])cc1c(=O)n2C. The summed E-state index contributed by atoms with van der Waals surface area (Å²) >= 11 is 0. The fourth-order valence-electron chi connectivity index (χ4n) is 4.70. The Balaban J connectivity index is 1.47. The normalized spacial score (nSPS) is 13.7. The summed E-state index contributed by atoms with van der Waals surface area (Å²) in [5, 5.41) is 15.2. The van der Waals surface area contributed by atoms with Crippen molar-refractivity contribution in [2.45, 2.75) is 12.8 Å². The molecule has 2 aromatic carbocycles. The van der Waals surface area contributed by atoms with Gasteiger partial charge >= 0.3 is 5.69 Å². The minimum Gasteiger partial charge on any atom is -0.494 e. The predicted octanol–water partition coefficient (Wildman–Crippen LogP) is 3.63. The zero-order valence-electron chi connectivity index (χ0n) is 21.4. The van der Waals surface area contributed by atoms with Crippen LogP contribution in [0, 0.1) is 10.1 Å². The summed E-state index contributed by atoms with van der Waals surface area (Å²) in [6, 6.07) is 8.15. The van der Waals surface area contributed by atoms with Gasteiger partial charge in [-0.2, -0.15) is 0 Å². The van der Waals surface area contributed by atoms with Gasteiger partial charge in [-0.05, 0) is 44.1 Å². The van der Waals surface area contributed by atoms with Gasteiger partial charge < -0.3 is 24.1 Å². The molecule has 0 amide bonds. The molecule has 4 aromatic rings. The number of nitrogens with zero attached hydrogens (tertiary/aromatic N) is 5. The van der Waals surface area contributed by atoms with Crippen LogP contribution < -0.4 is 25.1 Å². The van der Waals surface area contributed by atoms with Gasteiger partial charge in [-0.1, -0.05) is 0 Å². The maximum Gasteiger partial charge on any atom is 0.311 e. The molecule has 0 radical (unpaired) electrons. The number of ether oxygens (including phenoxy) is 3. The second-order valence-corrected chi connectivity index (χ2v) is 9.00. The van der Waals surface area contributed by atoms with Gasteiger partial charge in [0, 0.05) is 31.1 Å². The molecular weight excluding hydrogens is 492 g/mol. The van der Waals surface area contributed by atoms with Crippen molar-refractivity contribution < 1.29 is 19.1 Å². The average Bonchev–Trinajstić information content (AvgIpc) is 3.45. The molecule has 12 heteroatoms. The molecule has 0 unspecified atom stereocenters. The van der Waals surface area contributed by atoms with Gasteiger partial charge in [-0.3, -0.25) is 19.8 Å². The number of hydrogen-bond acceptors (Lipinski definition) is 10. The molecule has 0 spiro atoms. The van der Waals surface area contributed by atoms with E-state index in [2.05, 4.69) is 20.2 Å². The molecule has 1 N–H and O–H groups in total. The van der Waals surface area contributed by atoms with Crippen molar-refractivity contribution in [2.75, 3.05) is 45.8 Å². The number of aryl methyl sites for hydroxylation is 1. The summed E-state index contributed by atoms with van der Waals surface area (Å²) in [6.07, 6.45) is 4.01. The van der Waals surface area contributed by atoms with Crippen molar-refractivity contribution in [3.05, 3.63) is 57.0 Å². The molecule has 198 valence electrons. The molecule has 0 saturated carbocycles. The van der Waals surface area contributed by atoms with Crippen LogP contribution in [0.1, 0.15) is 12.8 Å². The highest BCUT2D eigenvalue weighted by Crippen LogP contribution is 2.35. The van der Waals surface area contributed by atoms with Gasteiger partial charge in [-0.15, -0.1) is 0 Å². The smallest absolute Gasteiger partial charge is 0.311 e. The van der Waals surface area contributed by atoms with Crippen molar-refractivity contribution in [2.24, 2.45) is 7.05 Å². The van der Waals surface area contributed by atoms with E-state index in [9.17, 15) is 14.9 Å². The fourth-order valence-corrected chi connectivity index (χ4v) is 4.70. The van der Waals surface area contributed by atoms with Crippen molar-refractivity contribution in [3.63, 3.8) is 0 Å². The first-order valence-electron chi connectivity index (χ1n) is 12.2. The Bertz CT molecular complexity index is 1580. The van der Waals surface area contributed by atoms with E-state index in [1.807, 2.05) is 12.1 Å². The standard InChI is InChI=1S/C26H28N6O6/c1-30-21-15-27-26(29-24(21)17-14-23(37-3)20(32(34)35)13-18(17)25(30)33)28-19-7-6-16(12-22(19)36-2)38-11-10-31-8-4-5-9-31/h6-7,12-15H,4-5,8-11H2,1-3H3,(H,27,28,29). The van der Waals surface area contributed by atoms with Crippen LogP contribution in [0.25, 0.3) is 21.8 Å². The number of rotatable bonds is 9. The monoisotopic (exact) mass is 520 g/mol. The molecule has 1 aliphatic heterocycles. The molecule has 0 bridgehead atoms. The second kappa shape index (κ2) is 10.5. The van der Waals surface area contributed by atoms with Crippen LogP contribution in [0.4, 0.5) is 17.3 Å². The highest BCUT2D eigenvalue weighted by Gasteiger charge is 2.21. The Labute approximate surface area is 217 Å². The zero-order valence-corrected chi connectivity index (χ0v) is 21.4. The largest absolute Gasteiger partial charge is 0.494 e. The second-order valence-electron chi connectivity index (χ2n) is 9.00. The Morgan fingerprint density at radius 2 is 1.84 bits per heavy atom. The highest BCUT2D eigenvalue weighted by atomic mass is 16.6. The molecule has 12 nitrogen and oxygen atoms in total. The van der Waals surface area contributed by atoms with Crippen molar-refractivity contribution in [1.82, 2.24) is 19.4 Å². The van der Waals surface area contributed by atoms with Crippen molar-refractivity contribution in [3.8, 4) is 17.2 Å². The lowest BCUT2D eigenvalue weighted by Gasteiger charge is -2.16. The maximum absolute atomic E-state index is 13.0. The Kier molecular flexibility index (Phi) is 6.97. The summed E-state index contributed by atoms with van der Waals surface area (Å²) in [4.78, 5) is 35.3. The number of nitro groups is 1. The number of nitro benzene ring substituents is 1. The van der Waals surface area contributed by atoms with E-state index in [0.717, 1.165) is 19.6 Å². The molecule has 1 aliphatic rings. The fraction of sp³-hybridized carbons (Fsp3) is 0.346. The van der Waals surface area contributed by atoms with Crippen LogP contribution in [-0.4, -0.2) is 64.8 Å². The number of fused-ring (bicyclic) bond motifs is 3. The summed E-state index contributed by atoms with van der Waals surface area (Å²) in [7, 11) is 4.48. The van der Waals surface area contributed by atoms with E-state index < -0.39 is 10.5 Å². The third kappa shape index (κ3) is 4.77.